The summed E-state index contributed by atoms with van der Waals surface area (Å²) in [6.07, 6.45) is 8.34. The van der Waals surface area contributed by atoms with Gasteiger partial charge in [-0.2, -0.15) is 0 Å². The van der Waals surface area contributed by atoms with Crippen LogP contribution in [0, 0.1) is 12.3 Å². The van der Waals surface area contributed by atoms with Gasteiger partial charge in [-0.3, -0.25) is 4.98 Å². The molecule has 1 N–H and O–H groups in total. The van der Waals surface area contributed by atoms with E-state index in [4.69, 9.17) is 11.5 Å². The highest BCUT2D eigenvalue weighted by Gasteiger charge is 2.07. The van der Waals surface area contributed by atoms with Gasteiger partial charge in [0.1, 0.15) is 5.69 Å². The average molecular weight is 198 g/mol. The fraction of sp³-hybridized carbons (Fsp3) is 0. The van der Waals surface area contributed by atoms with Gasteiger partial charge in [-0.25, -0.2) is 9.78 Å². The van der Waals surface area contributed by atoms with Gasteiger partial charge in [0.25, 0.3) is 0 Å². The fourth-order valence-corrected chi connectivity index (χ4v) is 1.27. The van der Waals surface area contributed by atoms with Crippen LogP contribution in [0.15, 0.2) is 24.5 Å². The molecule has 0 atom stereocenters. The summed E-state index contributed by atoms with van der Waals surface area (Å²) in [6, 6.07) is 3.06. The molecule has 0 spiro atoms. The molecule has 0 unspecified atom stereocenters. The van der Waals surface area contributed by atoms with E-state index >= 15 is 0 Å². The molecule has 0 aliphatic rings. The Balaban J connectivity index is 2.80. The predicted molar refractivity (Wildman–Crippen MR) is 54.4 cm³/mol. The molecule has 0 aromatic carbocycles. The summed E-state index contributed by atoms with van der Waals surface area (Å²) in [4.78, 5) is 18.6. The average Bonchev–Trinajstić information content (AvgIpc) is 2.27. The van der Waals surface area contributed by atoms with E-state index in [-0.39, 0.29) is 5.69 Å². The Bertz CT molecular complexity index is 585. The third-order valence-corrected chi connectivity index (χ3v) is 1.97. The van der Waals surface area contributed by atoms with Gasteiger partial charge >= 0.3 is 5.97 Å². The standard InChI is InChI=1S/C11H6N2O2/c1-2-7-5-12-6-8-3-4-9(11(14)15)13-10(7)8/h1,3-6H,(H,14,15). The summed E-state index contributed by atoms with van der Waals surface area (Å²) >= 11 is 0. The molecule has 2 aromatic rings. The lowest BCUT2D eigenvalue weighted by Gasteiger charge is -2.00. The van der Waals surface area contributed by atoms with Crippen LogP contribution in [-0.2, 0) is 0 Å². The Hall–Kier alpha value is -2.41. The fourth-order valence-electron chi connectivity index (χ4n) is 1.27. The van der Waals surface area contributed by atoms with Crippen molar-refractivity contribution in [2.75, 3.05) is 0 Å². The van der Waals surface area contributed by atoms with E-state index in [2.05, 4.69) is 15.9 Å². The first-order chi connectivity index (χ1) is 7.22. The van der Waals surface area contributed by atoms with Gasteiger partial charge in [-0.15, -0.1) is 6.42 Å². The lowest BCUT2D eigenvalue weighted by atomic mass is 10.2. The van der Waals surface area contributed by atoms with Crippen LogP contribution in [0.3, 0.4) is 0 Å². The molecule has 0 aliphatic heterocycles. The summed E-state index contributed by atoms with van der Waals surface area (Å²) in [7, 11) is 0. The maximum absolute atomic E-state index is 10.7. The number of fused-ring (bicyclic) bond motifs is 1. The molecule has 0 bridgehead atoms. The van der Waals surface area contributed by atoms with Gasteiger partial charge in [0, 0.05) is 17.8 Å². The SMILES string of the molecule is C#Cc1cncc2ccc(C(=O)O)nc12. The quantitative estimate of drug-likeness (QED) is 0.701. The van der Waals surface area contributed by atoms with Gasteiger partial charge in [0.2, 0.25) is 0 Å². The Morgan fingerprint density at radius 1 is 1.40 bits per heavy atom. The summed E-state index contributed by atoms with van der Waals surface area (Å²) < 4.78 is 0. The van der Waals surface area contributed by atoms with E-state index in [1.807, 2.05) is 0 Å². The second kappa shape index (κ2) is 3.39. The first-order valence-corrected chi connectivity index (χ1v) is 4.17. The number of aromatic nitrogens is 2. The van der Waals surface area contributed by atoms with Crippen molar-refractivity contribution in [1.29, 1.82) is 0 Å². The van der Waals surface area contributed by atoms with Crippen molar-refractivity contribution in [2.24, 2.45) is 0 Å². The lowest BCUT2D eigenvalue weighted by molar-refractivity contribution is 0.0691. The smallest absolute Gasteiger partial charge is 0.354 e. The number of carboxylic acids is 1. The first kappa shape index (κ1) is 9.16. The summed E-state index contributed by atoms with van der Waals surface area (Å²) in [5.41, 5.74) is 0.966. The Morgan fingerprint density at radius 2 is 2.20 bits per heavy atom. The predicted octanol–water partition coefficient (Wildman–Crippen LogP) is 1.31. The maximum atomic E-state index is 10.7. The topological polar surface area (TPSA) is 63.1 Å². The number of aromatic carboxylic acids is 1. The van der Waals surface area contributed by atoms with Crippen LogP contribution in [0.4, 0.5) is 0 Å². The largest absolute Gasteiger partial charge is 0.477 e. The summed E-state index contributed by atoms with van der Waals surface area (Å²) in [5, 5.41) is 9.51. The third-order valence-electron chi connectivity index (χ3n) is 1.97. The summed E-state index contributed by atoms with van der Waals surface area (Å²) in [5.74, 6) is 1.35. The molecule has 0 aliphatic carbocycles. The number of rotatable bonds is 1. The van der Waals surface area contributed by atoms with Crippen LogP contribution in [0.5, 0.6) is 0 Å². The van der Waals surface area contributed by atoms with Crippen molar-refractivity contribution in [3.05, 3.63) is 35.8 Å². The molecule has 0 saturated heterocycles. The van der Waals surface area contributed by atoms with Crippen molar-refractivity contribution < 1.29 is 9.90 Å². The van der Waals surface area contributed by atoms with Crippen molar-refractivity contribution in [2.45, 2.75) is 0 Å². The number of carboxylic acid groups (broad SMARTS) is 1. The van der Waals surface area contributed by atoms with E-state index < -0.39 is 5.97 Å². The van der Waals surface area contributed by atoms with Gasteiger partial charge in [-0.05, 0) is 12.1 Å². The van der Waals surface area contributed by atoms with Crippen LogP contribution >= 0.6 is 0 Å². The lowest BCUT2D eigenvalue weighted by Crippen LogP contribution is -2.00. The van der Waals surface area contributed by atoms with E-state index in [0.29, 0.717) is 11.1 Å². The Labute approximate surface area is 85.6 Å². The second-order valence-electron chi connectivity index (χ2n) is 2.90. The molecular weight excluding hydrogens is 192 g/mol. The molecule has 0 fully saturated rings. The molecule has 0 radical (unpaired) electrons. The molecule has 0 amide bonds. The maximum Gasteiger partial charge on any atom is 0.354 e. The number of terminal acetylenes is 1. The second-order valence-corrected chi connectivity index (χ2v) is 2.90. The van der Waals surface area contributed by atoms with Crippen LogP contribution in [0.25, 0.3) is 10.9 Å². The molecule has 2 rings (SSSR count). The van der Waals surface area contributed by atoms with Gasteiger partial charge in [0.15, 0.2) is 0 Å². The third kappa shape index (κ3) is 1.51. The number of nitrogens with zero attached hydrogens (tertiary/aromatic N) is 2. The molecule has 2 aromatic heterocycles. The highest BCUT2D eigenvalue weighted by Crippen LogP contribution is 2.14. The van der Waals surface area contributed by atoms with E-state index in [1.54, 1.807) is 12.3 Å². The highest BCUT2D eigenvalue weighted by molar-refractivity contribution is 5.91. The minimum absolute atomic E-state index is 0.0230. The highest BCUT2D eigenvalue weighted by atomic mass is 16.4. The van der Waals surface area contributed by atoms with Crippen LogP contribution in [0.1, 0.15) is 16.1 Å². The summed E-state index contributed by atoms with van der Waals surface area (Å²) in [6.45, 7) is 0. The van der Waals surface area contributed by atoms with Crippen molar-refractivity contribution >= 4 is 16.9 Å². The van der Waals surface area contributed by atoms with Crippen LogP contribution in [0.2, 0.25) is 0 Å². The minimum Gasteiger partial charge on any atom is -0.477 e. The molecular formula is C11H6N2O2. The number of pyridine rings is 2. The molecule has 2 heterocycles. The molecule has 4 nitrogen and oxygen atoms in total. The van der Waals surface area contributed by atoms with E-state index in [9.17, 15) is 4.79 Å². The van der Waals surface area contributed by atoms with Crippen LogP contribution < -0.4 is 0 Å². The van der Waals surface area contributed by atoms with Crippen molar-refractivity contribution in [3.63, 3.8) is 0 Å². The number of hydrogen-bond acceptors (Lipinski definition) is 3. The van der Waals surface area contributed by atoms with Gasteiger partial charge < -0.3 is 5.11 Å². The molecule has 4 heteroatoms. The zero-order chi connectivity index (χ0) is 10.8. The zero-order valence-electron chi connectivity index (χ0n) is 7.64. The van der Waals surface area contributed by atoms with Gasteiger partial charge in [-0.1, -0.05) is 5.92 Å². The number of hydrogen-bond donors (Lipinski definition) is 1. The Kier molecular flexibility index (Phi) is 2.07. The number of carbonyl (C=O) groups is 1. The van der Waals surface area contributed by atoms with Crippen molar-refractivity contribution in [1.82, 2.24) is 9.97 Å². The molecule has 72 valence electrons. The van der Waals surface area contributed by atoms with Gasteiger partial charge in [0.05, 0.1) is 11.1 Å². The van der Waals surface area contributed by atoms with E-state index in [0.717, 1.165) is 5.39 Å². The molecule has 15 heavy (non-hydrogen) atoms. The minimum atomic E-state index is -1.07. The molecule has 0 saturated carbocycles. The van der Waals surface area contributed by atoms with Crippen LogP contribution in [-0.4, -0.2) is 21.0 Å². The first-order valence-electron chi connectivity index (χ1n) is 4.17. The normalized spacial score (nSPS) is 9.80. The Morgan fingerprint density at radius 3 is 2.87 bits per heavy atom. The van der Waals surface area contributed by atoms with Crippen molar-refractivity contribution in [3.8, 4) is 12.3 Å². The monoisotopic (exact) mass is 198 g/mol. The zero-order valence-corrected chi connectivity index (χ0v) is 7.64. The van der Waals surface area contributed by atoms with E-state index in [1.165, 1.54) is 12.3 Å².